The van der Waals surface area contributed by atoms with Crippen LogP contribution in [0.5, 0.6) is 0 Å². The maximum absolute atomic E-state index is 11.1. The van der Waals surface area contributed by atoms with Gasteiger partial charge in [-0.2, -0.15) is 0 Å². The van der Waals surface area contributed by atoms with E-state index in [2.05, 4.69) is 5.32 Å². The number of aromatic carboxylic acids is 1. The summed E-state index contributed by atoms with van der Waals surface area (Å²) in [5, 5.41) is 12.5. The maximum Gasteiger partial charge on any atom is 0.335 e. The van der Waals surface area contributed by atoms with Gasteiger partial charge in [0, 0.05) is 17.8 Å². The minimum Gasteiger partial charge on any atom is -0.478 e. The summed E-state index contributed by atoms with van der Waals surface area (Å²) in [6, 6.07) is 13.4. The second-order valence-corrected chi connectivity index (χ2v) is 4.40. The minimum absolute atomic E-state index is 0.338. The molecule has 18 heavy (non-hydrogen) atoms. The van der Waals surface area contributed by atoms with Crippen molar-refractivity contribution in [2.24, 2.45) is 0 Å². The van der Waals surface area contributed by atoms with E-state index < -0.39 is 5.97 Å². The molecule has 90 valence electrons. The number of fused-ring (bicyclic) bond motifs is 3. The third-order valence-corrected chi connectivity index (χ3v) is 3.28. The Kier molecular flexibility index (Phi) is 2.52. The Bertz CT molecular complexity index is 620. The molecule has 0 spiro atoms. The number of carboxylic acid groups (broad SMARTS) is 1. The highest BCUT2D eigenvalue weighted by molar-refractivity contribution is 5.91. The Morgan fingerprint density at radius 1 is 1.11 bits per heavy atom. The molecule has 0 aliphatic carbocycles. The van der Waals surface area contributed by atoms with Crippen molar-refractivity contribution < 1.29 is 9.90 Å². The van der Waals surface area contributed by atoms with E-state index in [1.54, 1.807) is 12.1 Å². The van der Waals surface area contributed by atoms with Gasteiger partial charge in [-0.25, -0.2) is 4.79 Å². The summed E-state index contributed by atoms with van der Waals surface area (Å²) in [5.41, 5.74) is 4.70. The lowest BCUT2D eigenvalue weighted by Gasteiger charge is -2.09. The van der Waals surface area contributed by atoms with Crippen LogP contribution in [-0.2, 0) is 6.42 Å². The first kappa shape index (κ1) is 10.8. The van der Waals surface area contributed by atoms with Gasteiger partial charge in [-0.15, -0.1) is 0 Å². The van der Waals surface area contributed by atoms with Gasteiger partial charge in [0.2, 0.25) is 0 Å². The Hall–Kier alpha value is -2.29. The van der Waals surface area contributed by atoms with Crippen molar-refractivity contribution in [2.45, 2.75) is 6.42 Å². The van der Waals surface area contributed by atoms with Gasteiger partial charge < -0.3 is 10.4 Å². The molecular formula is C15H13NO2. The molecule has 3 heteroatoms. The number of anilines is 1. The summed E-state index contributed by atoms with van der Waals surface area (Å²) in [7, 11) is 0. The van der Waals surface area contributed by atoms with E-state index in [0.717, 1.165) is 29.8 Å². The van der Waals surface area contributed by atoms with Crippen LogP contribution in [-0.4, -0.2) is 17.6 Å². The topological polar surface area (TPSA) is 49.3 Å². The third-order valence-electron chi connectivity index (χ3n) is 3.28. The van der Waals surface area contributed by atoms with Gasteiger partial charge in [0.05, 0.1) is 5.56 Å². The van der Waals surface area contributed by atoms with Crippen LogP contribution in [0.4, 0.5) is 5.69 Å². The Labute approximate surface area is 105 Å². The summed E-state index contributed by atoms with van der Waals surface area (Å²) in [6.07, 6.45) is 0.907. The van der Waals surface area contributed by atoms with Gasteiger partial charge in [0.25, 0.3) is 0 Å². The predicted octanol–water partition coefficient (Wildman–Crippen LogP) is 3.02. The third kappa shape index (κ3) is 1.74. The molecule has 0 fully saturated rings. The fourth-order valence-corrected chi connectivity index (χ4v) is 2.38. The van der Waals surface area contributed by atoms with Crippen LogP contribution < -0.4 is 5.32 Å². The highest BCUT2D eigenvalue weighted by atomic mass is 16.4. The number of benzene rings is 2. The molecule has 1 aliphatic heterocycles. The largest absolute Gasteiger partial charge is 0.478 e. The maximum atomic E-state index is 11.1. The minimum atomic E-state index is -0.882. The lowest BCUT2D eigenvalue weighted by molar-refractivity contribution is 0.0697. The first-order chi connectivity index (χ1) is 8.75. The molecule has 0 atom stereocenters. The van der Waals surface area contributed by atoms with Crippen LogP contribution in [0.3, 0.4) is 0 Å². The van der Waals surface area contributed by atoms with E-state index in [4.69, 9.17) is 5.11 Å². The molecule has 0 saturated carbocycles. The Morgan fingerprint density at radius 2 is 1.94 bits per heavy atom. The lowest BCUT2D eigenvalue weighted by Crippen LogP contribution is -2.02. The zero-order valence-electron chi connectivity index (χ0n) is 9.81. The number of hydrogen-bond acceptors (Lipinski definition) is 2. The van der Waals surface area contributed by atoms with Crippen molar-refractivity contribution in [2.75, 3.05) is 11.9 Å². The van der Waals surface area contributed by atoms with Gasteiger partial charge in [-0.3, -0.25) is 0 Å². The van der Waals surface area contributed by atoms with E-state index in [9.17, 15) is 4.79 Å². The van der Waals surface area contributed by atoms with Gasteiger partial charge in [0.15, 0.2) is 0 Å². The molecule has 0 saturated heterocycles. The number of rotatable bonds is 1. The second kappa shape index (κ2) is 4.18. The summed E-state index contributed by atoms with van der Waals surface area (Å²) >= 11 is 0. The Morgan fingerprint density at radius 3 is 2.78 bits per heavy atom. The molecule has 3 rings (SSSR count). The first-order valence-corrected chi connectivity index (χ1v) is 5.95. The molecule has 2 aromatic rings. The van der Waals surface area contributed by atoms with Gasteiger partial charge in [-0.05, 0) is 35.7 Å². The summed E-state index contributed by atoms with van der Waals surface area (Å²) < 4.78 is 0. The van der Waals surface area contributed by atoms with Crippen LogP contribution in [0.15, 0.2) is 42.5 Å². The average molecular weight is 239 g/mol. The molecule has 0 unspecified atom stereocenters. The van der Waals surface area contributed by atoms with Crippen LogP contribution in [0.2, 0.25) is 0 Å². The summed E-state index contributed by atoms with van der Waals surface area (Å²) in [6.45, 7) is 0.871. The van der Waals surface area contributed by atoms with Crippen molar-refractivity contribution in [3.63, 3.8) is 0 Å². The zero-order chi connectivity index (χ0) is 12.5. The lowest BCUT2D eigenvalue weighted by atomic mass is 9.96. The average Bonchev–Trinajstić information content (AvgIpc) is 2.57. The number of nitrogens with one attached hydrogen (secondary N) is 1. The highest BCUT2D eigenvalue weighted by Crippen LogP contribution is 2.33. The normalized spacial score (nSPS) is 12.9. The number of para-hydroxylation sites is 1. The smallest absolute Gasteiger partial charge is 0.335 e. The fourth-order valence-electron chi connectivity index (χ4n) is 2.38. The fraction of sp³-hybridized carbons (Fsp3) is 0.133. The molecular weight excluding hydrogens is 226 g/mol. The first-order valence-electron chi connectivity index (χ1n) is 5.95. The Balaban J connectivity index is 2.24. The van der Waals surface area contributed by atoms with Crippen molar-refractivity contribution in [3.05, 3.63) is 53.6 Å². The summed E-state index contributed by atoms with van der Waals surface area (Å²) in [5.74, 6) is -0.882. The molecule has 0 aromatic heterocycles. The van der Waals surface area contributed by atoms with Crippen molar-refractivity contribution >= 4 is 11.7 Å². The molecule has 1 heterocycles. The predicted molar refractivity (Wildman–Crippen MR) is 71.0 cm³/mol. The van der Waals surface area contributed by atoms with Crippen molar-refractivity contribution in [3.8, 4) is 11.1 Å². The molecule has 2 N–H and O–H groups in total. The number of hydrogen-bond donors (Lipinski definition) is 2. The van der Waals surface area contributed by atoms with E-state index >= 15 is 0 Å². The molecule has 2 aromatic carbocycles. The van der Waals surface area contributed by atoms with E-state index in [1.165, 1.54) is 5.56 Å². The van der Waals surface area contributed by atoms with Crippen LogP contribution in [0.25, 0.3) is 11.1 Å². The van der Waals surface area contributed by atoms with Crippen LogP contribution >= 0.6 is 0 Å². The molecule has 3 nitrogen and oxygen atoms in total. The molecule has 0 radical (unpaired) electrons. The van der Waals surface area contributed by atoms with Gasteiger partial charge >= 0.3 is 5.97 Å². The van der Waals surface area contributed by atoms with Crippen LogP contribution in [0.1, 0.15) is 15.9 Å². The molecule has 1 aliphatic rings. The van der Waals surface area contributed by atoms with Crippen molar-refractivity contribution in [1.29, 1.82) is 0 Å². The monoisotopic (exact) mass is 239 g/mol. The second-order valence-electron chi connectivity index (χ2n) is 4.40. The van der Waals surface area contributed by atoms with E-state index in [0.29, 0.717) is 5.56 Å². The SMILES string of the molecule is O=C(O)c1ccc2c(c1)-c1ccccc1NCC2. The van der Waals surface area contributed by atoms with Crippen LogP contribution in [0, 0.1) is 0 Å². The quantitative estimate of drug-likeness (QED) is 0.804. The van der Waals surface area contributed by atoms with Crippen molar-refractivity contribution in [1.82, 2.24) is 0 Å². The van der Waals surface area contributed by atoms with Gasteiger partial charge in [0.1, 0.15) is 0 Å². The van der Waals surface area contributed by atoms with Gasteiger partial charge in [-0.1, -0.05) is 24.3 Å². The molecule has 0 amide bonds. The number of carbonyl (C=O) groups is 1. The summed E-state index contributed by atoms with van der Waals surface area (Å²) in [4.78, 5) is 11.1. The zero-order valence-corrected chi connectivity index (χ0v) is 9.81. The van der Waals surface area contributed by atoms with E-state index in [1.807, 2.05) is 30.3 Å². The van der Waals surface area contributed by atoms with E-state index in [-0.39, 0.29) is 0 Å². The number of carboxylic acids is 1. The standard InChI is InChI=1S/C15H13NO2/c17-15(18)11-6-5-10-7-8-16-14-4-2-1-3-12(14)13(10)9-11/h1-6,9,16H,7-8H2,(H,17,18). The highest BCUT2D eigenvalue weighted by Gasteiger charge is 2.15. The molecule has 0 bridgehead atoms.